The summed E-state index contributed by atoms with van der Waals surface area (Å²) in [5.41, 5.74) is 3.83. The van der Waals surface area contributed by atoms with Crippen LogP contribution in [0.3, 0.4) is 0 Å². The van der Waals surface area contributed by atoms with Gasteiger partial charge in [-0.25, -0.2) is 0 Å². The highest BCUT2D eigenvalue weighted by Crippen LogP contribution is 2.35. The molecule has 0 radical (unpaired) electrons. The molecule has 16 heavy (non-hydrogen) atoms. The normalized spacial score (nSPS) is 22.4. The molecule has 0 aliphatic heterocycles. The van der Waals surface area contributed by atoms with Gasteiger partial charge in [-0.2, -0.15) is 0 Å². The highest BCUT2D eigenvalue weighted by Gasteiger charge is 2.39. The average Bonchev–Trinajstić information content (AvgIpc) is 2.45. The standard InChI is InChI=1S/C13H26N2O/c1-4-16-13(12(15-14)11(2)3)9-7-5-6-8-10-13/h12,15H,2,4-10,14H2,1,3H3. The predicted octanol–water partition coefficient (Wildman–Crippen LogP) is 2.52. The van der Waals surface area contributed by atoms with Crippen LogP contribution < -0.4 is 11.3 Å². The Morgan fingerprint density at radius 2 is 1.94 bits per heavy atom. The van der Waals surface area contributed by atoms with Gasteiger partial charge in [0, 0.05) is 6.61 Å². The van der Waals surface area contributed by atoms with Gasteiger partial charge in [0.05, 0.1) is 11.6 Å². The lowest BCUT2D eigenvalue weighted by atomic mass is 9.83. The quantitative estimate of drug-likeness (QED) is 0.328. The predicted molar refractivity (Wildman–Crippen MR) is 68.0 cm³/mol. The zero-order valence-electron chi connectivity index (χ0n) is 10.7. The summed E-state index contributed by atoms with van der Waals surface area (Å²) in [6.45, 7) is 8.86. The second kappa shape index (κ2) is 6.38. The van der Waals surface area contributed by atoms with E-state index in [-0.39, 0.29) is 11.6 Å². The van der Waals surface area contributed by atoms with Crippen molar-refractivity contribution in [3.63, 3.8) is 0 Å². The fourth-order valence-corrected chi connectivity index (χ4v) is 2.87. The van der Waals surface area contributed by atoms with E-state index in [1.807, 2.05) is 6.92 Å². The van der Waals surface area contributed by atoms with E-state index in [4.69, 9.17) is 10.6 Å². The van der Waals surface area contributed by atoms with Gasteiger partial charge in [-0.3, -0.25) is 11.3 Å². The summed E-state index contributed by atoms with van der Waals surface area (Å²) >= 11 is 0. The number of hydrogen-bond donors (Lipinski definition) is 2. The van der Waals surface area contributed by atoms with Gasteiger partial charge in [0.25, 0.3) is 0 Å². The highest BCUT2D eigenvalue weighted by molar-refractivity contribution is 5.11. The molecular weight excluding hydrogens is 200 g/mol. The topological polar surface area (TPSA) is 47.3 Å². The summed E-state index contributed by atoms with van der Waals surface area (Å²) in [5.74, 6) is 5.68. The molecule has 3 N–H and O–H groups in total. The third-order valence-corrected chi connectivity index (χ3v) is 3.57. The van der Waals surface area contributed by atoms with E-state index < -0.39 is 0 Å². The van der Waals surface area contributed by atoms with E-state index in [9.17, 15) is 0 Å². The van der Waals surface area contributed by atoms with Crippen LogP contribution in [0.25, 0.3) is 0 Å². The molecule has 0 spiro atoms. The maximum Gasteiger partial charge on any atom is 0.0885 e. The number of nitrogens with one attached hydrogen (secondary N) is 1. The van der Waals surface area contributed by atoms with Gasteiger partial charge in [-0.05, 0) is 26.7 Å². The number of hydrogen-bond acceptors (Lipinski definition) is 3. The van der Waals surface area contributed by atoms with Crippen LogP contribution in [0.1, 0.15) is 52.4 Å². The summed E-state index contributed by atoms with van der Waals surface area (Å²) in [5, 5.41) is 0. The van der Waals surface area contributed by atoms with Crippen LogP contribution in [-0.4, -0.2) is 18.2 Å². The fourth-order valence-electron chi connectivity index (χ4n) is 2.87. The van der Waals surface area contributed by atoms with Crippen molar-refractivity contribution in [1.82, 2.24) is 5.43 Å². The van der Waals surface area contributed by atoms with Gasteiger partial charge in [-0.1, -0.05) is 37.8 Å². The third-order valence-electron chi connectivity index (χ3n) is 3.57. The molecule has 1 aliphatic carbocycles. The molecule has 0 aromatic rings. The van der Waals surface area contributed by atoms with Crippen LogP contribution >= 0.6 is 0 Å². The minimum absolute atomic E-state index is 0.0746. The molecule has 94 valence electrons. The number of ether oxygens (including phenoxy) is 1. The van der Waals surface area contributed by atoms with E-state index in [0.717, 1.165) is 25.0 Å². The van der Waals surface area contributed by atoms with E-state index >= 15 is 0 Å². The summed E-state index contributed by atoms with van der Waals surface area (Å²) in [4.78, 5) is 0. The van der Waals surface area contributed by atoms with Crippen LogP contribution in [0.2, 0.25) is 0 Å². The molecule has 1 fully saturated rings. The van der Waals surface area contributed by atoms with E-state index in [2.05, 4.69) is 18.9 Å². The first-order chi connectivity index (χ1) is 7.66. The van der Waals surface area contributed by atoms with E-state index in [0.29, 0.717) is 0 Å². The molecule has 0 aromatic carbocycles. The Morgan fingerprint density at radius 1 is 1.38 bits per heavy atom. The van der Waals surface area contributed by atoms with Gasteiger partial charge >= 0.3 is 0 Å². The first-order valence-electron chi connectivity index (χ1n) is 6.42. The molecule has 0 amide bonds. The number of nitrogens with two attached hydrogens (primary N) is 1. The van der Waals surface area contributed by atoms with Gasteiger partial charge in [0.1, 0.15) is 0 Å². The van der Waals surface area contributed by atoms with Crippen molar-refractivity contribution >= 4 is 0 Å². The molecule has 1 aliphatic rings. The minimum Gasteiger partial charge on any atom is -0.373 e. The van der Waals surface area contributed by atoms with Crippen molar-refractivity contribution in [3.05, 3.63) is 12.2 Å². The molecule has 1 saturated carbocycles. The third kappa shape index (κ3) is 3.06. The number of rotatable bonds is 5. The first-order valence-corrected chi connectivity index (χ1v) is 6.42. The van der Waals surface area contributed by atoms with Gasteiger partial charge in [0.15, 0.2) is 0 Å². The summed E-state index contributed by atoms with van der Waals surface area (Å²) in [6, 6.07) is 0.0746. The Kier molecular flexibility index (Phi) is 5.46. The Labute approximate surface area is 99.4 Å². The van der Waals surface area contributed by atoms with Crippen molar-refractivity contribution in [1.29, 1.82) is 0 Å². The molecule has 3 heteroatoms. The molecule has 1 unspecified atom stereocenters. The zero-order valence-corrected chi connectivity index (χ0v) is 10.7. The molecule has 0 heterocycles. The van der Waals surface area contributed by atoms with E-state index in [1.165, 1.54) is 25.7 Å². The maximum atomic E-state index is 6.06. The molecule has 3 nitrogen and oxygen atoms in total. The largest absolute Gasteiger partial charge is 0.373 e. The SMILES string of the molecule is C=C(C)C(NN)C1(OCC)CCCCCC1. The van der Waals surface area contributed by atoms with Crippen molar-refractivity contribution < 1.29 is 4.74 Å². The van der Waals surface area contributed by atoms with Gasteiger partial charge in [0.2, 0.25) is 0 Å². The smallest absolute Gasteiger partial charge is 0.0885 e. The zero-order chi connectivity index (χ0) is 12.0. The summed E-state index contributed by atoms with van der Waals surface area (Å²) in [6.07, 6.45) is 7.24. The average molecular weight is 226 g/mol. The van der Waals surface area contributed by atoms with Gasteiger partial charge in [-0.15, -0.1) is 0 Å². The second-order valence-corrected chi connectivity index (χ2v) is 4.86. The first kappa shape index (κ1) is 13.7. The summed E-state index contributed by atoms with van der Waals surface area (Å²) in [7, 11) is 0. The van der Waals surface area contributed by atoms with Crippen LogP contribution in [0.15, 0.2) is 12.2 Å². The summed E-state index contributed by atoms with van der Waals surface area (Å²) < 4.78 is 6.06. The Balaban J connectivity index is 2.86. The highest BCUT2D eigenvalue weighted by atomic mass is 16.5. The molecule has 0 aromatic heterocycles. The molecule has 0 saturated heterocycles. The number of hydrazine groups is 1. The lowest BCUT2D eigenvalue weighted by Crippen LogP contribution is -2.55. The van der Waals surface area contributed by atoms with Crippen molar-refractivity contribution in [2.45, 2.75) is 64.0 Å². The lowest BCUT2D eigenvalue weighted by Gasteiger charge is -2.40. The molecule has 1 rings (SSSR count). The Hall–Kier alpha value is -0.380. The van der Waals surface area contributed by atoms with Crippen molar-refractivity contribution in [2.24, 2.45) is 5.84 Å². The molecule has 0 bridgehead atoms. The fraction of sp³-hybridized carbons (Fsp3) is 0.846. The van der Waals surface area contributed by atoms with Crippen LogP contribution in [0.5, 0.6) is 0 Å². The molecular formula is C13H26N2O. The van der Waals surface area contributed by atoms with E-state index in [1.54, 1.807) is 0 Å². The Morgan fingerprint density at radius 3 is 2.31 bits per heavy atom. The lowest BCUT2D eigenvalue weighted by molar-refractivity contribution is -0.0685. The second-order valence-electron chi connectivity index (χ2n) is 4.86. The van der Waals surface area contributed by atoms with Gasteiger partial charge < -0.3 is 4.74 Å². The Bertz CT molecular complexity index is 220. The van der Waals surface area contributed by atoms with Crippen LogP contribution in [0.4, 0.5) is 0 Å². The molecule has 1 atom stereocenters. The van der Waals surface area contributed by atoms with Crippen LogP contribution in [0, 0.1) is 0 Å². The van der Waals surface area contributed by atoms with Crippen molar-refractivity contribution in [2.75, 3.05) is 6.61 Å². The van der Waals surface area contributed by atoms with Crippen molar-refractivity contribution in [3.8, 4) is 0 Å². The minimum atomic E-state index is -0.133. The maximum absolute atomic E-state index is 6.06. The monoisotopic (exact) mass is 226 g/mol. The van der Waals surface area contributed by atoms with Crippen LogP contribution in [-0.2, 0) is 4.74 Å².